The molecular weight excluding hydrogens is 448 g/mol. The molecule has 1 aliphatic rings. The molecular formula is C27H41N2O6+. The molecule has 1 aliphatic heterocycles. The Balaban J connectivity index is 2.35. The highest BCUT2D eigenvalue weighted by Gasteiger charge is 2.39. The van der Waals surface area contributed by atoms with Gasteiger partial charge in [-0.3, -0.25) is 0 Å². The van der Waals surface area contributed by atoms with Crippen molar-refractivity contribution in [2.75, 3.05) is 39.6 Å². The molecule has 2 heterocycles. The molecule has 0 saturated heterocycles. The van der Waals surface area contributed by atoms with E-state index < -0.39 is 17.9 Å². The number of aromatic nitrogens is 1. The molecule has 1 aromatic rings. The maximum Gasteiger partial charge on any atom is 0.336 e. The summed E-state index contributed by atoms with van der Waals surface area (Å²) in [5.41, 5.74) is 2.93. The van der Waals surface area contributed by atoms with Gasteiger partial charge in [-0.15, -0.1) is 0 Å². The highest BCUT2D eigenvalue weighted by Crippen LogP contribution is 2.38. The van der Waals surface area contributed by atoms with Crippen molar-refractivity contribution in [2.24, 2.45) is 0 Å². The number of aryl methyl sites for hydroxylation is 1. The van der Waals surface area contributed by atoms with Crippen LogP contribution in [-0.2, 0) is 35.1 Å². The number of esters is 2. The van der Waals surface area contributed by atoms with E-state index in [0.717, 1.165) is 31.4 Å². The average molecular weight is 490 g/mol. The van der Waals surface area contributed by atoms with Crippen molar-refractivity contribution in [3.05, 3.63) is 52.6 Å². The van der Waals surface area contributed by atoms with Crippen LogP contribution in [0.25, 0.3) is 0 Å². The van der Waals surface area contributed by atoms with Crippen LogP contribution < -0.4 is 9.88 Å². The van der Waals surface area contributed by atoms with E-state index in [2.05, 4.69) is 16.8 Å². The summed E-state index contributed by atoms with van der Waals surface area (Å²) >= 11 is 0. The Morgan fingerprint density at radius 1 is 0.829 bits per heavy atom. The molecule has 35 heavy (non-hydrogen) atoms. The van der Waals surface area contributed by atoms with Gasteiger partial charge in [-0.05, 0) is 32.8 Å². The van der Waals surface area contributed by atoms with Gasteiger partial charge in [0.1, 0.15) is 19.8 Å². The van der Waals surface area contributed by atoms with Gasteiger partial charge in [0.15, 0.2) is 12.4 Å². The van der Waals surface area contributed by atoms with Gasteiger partial charge >= 0.3 is 11.9 Å². The fourth-order valence-electron chi connectivity index (χ4n) is 4.01. The first-order chi connectivity index (χ1) is 16.9. The highest BCUT2D eigenvalue weighted by atomic mass is 16.6. The summed E-state index contributed by atoms with van der Waals surface area (Å²) in [4.78, 5) is 26.5. The van der Waals surface area contributed by atoms with Crippen LogP contribution in [0.3, 0.4) is 0 Å². The zero-order chi connectivity index (χ0) is 25.6. The summed E-state index contributed by atoms with van der Waals surface area (Å²) < 4.78 is 24.1. The average Bonchev–Trinajstić information content (AvgIpc) is 2.83. The van der Waals surface area contributed by atoms with Gasteiger partial charge in [0.25, 0.3) is 0 Å². The van der Waals surface area contributed by atoms with Crippen LogP contribution in [0.15, 0.2) is 47.1 Å². The summed E-state index contributed by atoms with van der Waals surface area (Å²) in [7, 11) is 0. The molecule has 0 aliphatic carbocycles. The van der Waals surface area contributed by atoms with E-state index in [-0.39, 0.29) is 13.2 Å². The minimum Gasteiger partial charge on any atom is -0.460 e. The summed E-state index contributed by atoms with van der Waals surface area (Å²) in [6.07, 6.45) is 6.72. The molecule has 8 nitrogen and oxygen atoms in total. The Kier molecular flexibility index (Phi) is 12.5. The highest BCUT2D eigenvalue weighted by molar-refractivity contribution is 5.99. The van der Waals surface area contributed by atoms with Crippen molar-refractivity contribution >= 4 is 11.9 Å². The largest absolute Gasteiger partial charge is 0.460 e. The van der Waals surface area contributed by atoms with Crippen molar-refractivity contribution in [1.29, 1.82) is 0 Å². The lowest BCUT2D eigenvalue weighted by Gasteiger charge is -2.30. The zero-order valence-electron chi connectivity index (χ0n) is 21.9. The summed E-state index contributed by atoms with van der Waals surface area (Å²) in [6, 6.07) is 3.86. The predicted molar refractivity (Wildman–Crippen MR) is 132 cm³/mol. The number of nitrogens with zero attached hydrogens (tertiary/aromatic N) is 1. The molecule has 0 amide bonds. The quantitative estimate of drug-likeness (QED) is 0.229. The Morgan fingerprint density at radius 2 is 1.37 bits per heavy atom. The first-order valence-electron chi connectivity index (χ1n) is 12.6. The number of nitrogens with one attached hydrogen (secondary N) is 1. The minimum absolute atomic E-state index is 0.143. The number of hydrogen-bond donors (Lipinski definition) is 1. The first-order valence-corrected chi connectivity index (χ1v) is 12.6. The van der Waals surface area contributed by atoms with Crippen LogP contribution in [0.2, 0.25) is 0 Å². The lowest BCUT2D eigenvalue weighted by atomic mass is 9.81. The number of hydrogen-bond acceptors (Lipinski definition) is 7. The smallest absolute Gasteiger partial charge is 0.336 e. The predicted octanol–water partition coefficient (Wildman–Crippen LogP) is 3.56. The van der Waals surface area contributed by atoms with E-state index in [1.165, 1.54) is 0 Å². The molecule has 0 bridgehead atoms. The number of carbonyl (C=O) groups excluding carboxylic acids is 2. The molecule has 0 aromatic carbocycles. The zero-order valence-corrected chi connectivity index (χ0v) is 21.9. The first kappa shape index (κ1) is 28.5. The summed E-state index contributed by atoms with van der Waals surface area (Å²) in [5.74, 6) is -1.57. The van der Waals surface area contributed by atoms with Gasteiger partial charge in [-0.2, -0.15) is 0 Å². The van der Waals surface area contributed by atoms with Crippen molar-refractivity contribution in [2.45, 2.75) is 66.3 Å². The van der Waals surface area contributed by atoms with Gasteiger partial charge in [0.2, 0.25) is 0 Å². The molecule has 0 fully saturated rings. The van der Waals surface area contributed by atoms with Crippen LogP contribution in [0.4, 0.5) is 0 Å². The summed E-state index contributed by atoms with van der Waals surface area (Å²) in [6.45, 7) is 12.8. The van der Waals surface area contributed by atoms with Crippen molar-refractivity contribution < 1.29 is 33.1 Å². The SMILES string of the molecule is CCCOCCOC(=O)C1=C(C)NC(C)=C(C(=O)OCCOCCC)C1c1ccc[n+](CCC)c1. The van der Waals surface area contributed by atoms with Gasteiger partial charge in [0, 0.05) is 42.7 Å². The molecule has 8 heteroatoms. The fraction of sp³-hybridized carbons (Fsp3) is 0.593. The second-order valence-electron chi connectivity index (χ2n) is 8.51. The van der Waals surface area contributed by atoms with Crippen molar-refractivity contribution in [1.82, 2.24) is 5.32 Å². The lowest BCUT2D eigenvalue weighted by Crippen LogP contribution is -2.36. The topological polar surface area (TPSA) is 87.0 Å². The molecule has 1 N–H and O–H groups in total. The normalized spacial score (nSPS) is 14.2. The third-order valence-electron chi connectivity index (χ3n) is 5.52. The number of ether oxygens (including phenoxy) is 4. The fourth-order valence-corrected chi connectivity index (χ4v) is 4.01. The van der Waals surface area contributed by atoms with Crippen LogP contribution >= 0.6 is 0 Å². The Labute approximate surface area is 209 Å². The van der Waals surface area contributed by atoms with E-state index in [9.17, 15) is 9.59 Å². The van der Waals surface area contributed by atoms with Crippen LogP contribution in [0.5, 0.6) is 0 Å². The van der Waals surface area contributed by atoms with Crippen molar-refractivity contribution in [3.63, 3.8) is 0 Å². The van der Waals surface area contributed by atoms with Crippen LogP contribution in [0, 0.1) is 0 Å². The number of dihydropyridines is 1. The van der Waals surface area contributed by atoms with E-state index in [4.69, 9.17) is 18.9 Å². The molecule has 0 spiro atoms. The van der Waals surface area contributed by atoms with Gasteiger partial charge in [-0.1, -0.05) is 20.8 Å². The van der Waals surface area contributed by atoms with Gasteiger partial charge in [-0.25, -0.2) is 14.2 Å². The Morgan fingerprint density at radius 3 is 1.86 bits per heavy atom. The lowest BCUT2D eigenvalue weighted by molar-refractivity contribution is -0.697. The van der Waals surface area contributed by atoms with E-state index in [1.54, 1.807) is 0 Å². The number of pyridine rings is 1. The third-order valence-corrected chi connectivity index (χ3v) is 5.52. The Bertz CT molecular complexity index is 861. The number of carbonyl (C=O) groups is 2. The maximum atomic E-state index is 13.3. The van der Waals surface area contributed by atoms with Crippen molar-refractivity contribution in [3.8, 4) is 0 Å². The molecule has 2 rings (SSSR count). The van der Waals surface area contributed by atoms with Gasteiger partial charge < -0.3 is 24.3 Å². The number of allylic oxidation sites excluding steroid dienone is 2. The van der Waals surface area contributed by atoms with Gasteiger partial charge in [0.05, 0.1) is 30.3 Å². The van der Waals surface area contributed by atoms with E-state index >= 15 is 0 Å². The Hall–Kier alpha value is -2.71. The molecule has 1 aromatic heterocycles. The minimum atomic E-state index is -0.617. The standard InChI is InChI=1S/C27H40N2O6/c1-6-11-29-12-9-10-22(19-29)25-23(26(30)34-17-15-32-13-7-2)20(4)28-21(5)24(25)27(31)35-18-16-33-14-8-3/h9-10,12,19,25H,6-8,11,13-18H2,1-5H3/p+1. The molecule has 0 radical (unpaired) electrons. The van der Waals surface area contributed by atoms with Crippen LogP contribution in [-0.4, -0.2) is 51.6 Å². The maximum absolute atomic E-state index is 13.3. The monoisotopic (exact) mass is 489 g/mol. The second-order valence-corrected chi connectivity index (χ2v) is 8.51. The van der Waals surface area contributed by atoms with Crippen LogP contribution in [0.1, 0.15) is 65.4 Å². The summed E-state index contributed by atoms with van der Waals surface area (Å²) in [5, 5.41) is 3.19. The molecule has 0 atom stereocenters. The van der Waals surface area contributed by atoms with E-state index in [0.29, 0.717) is 49.0 Å². The molecule has 0 unspecified atom stereocenters. The molecule has 0 saturated carbocycles. The molecule has 194 valence electrons. The third kappa shape index (κ3) is 8.47. The van der Waals surface area contributed by atoms with E-state index in [1.807, 2.05) is 52.2 Å². The second kappa shape index (κ2) is 15.3. The number of rotatable bonds is 15.